The van der Waals surface area contributed by atoms with Crippen LogP contribution in [0.25, 0.3) is 0 Å². The molecule has 0 fully saturated rings. The number of carboxylic acid groups (broad SMARTS) is 1. The molecule has 5 heteroatoms. The Morgan fingerprint density at radius 3 is 2.33 bits per heavy atom. The van der Waals surface area contributed by atoms with Crippen LogP contribution in [0, 0.1) is 0 Å². The minimum absolute atomic E-state index is 0.0845. The number of carbonyl (C=O) groups is 2. The molecule has 0 aromatic heterocycles. The molecule has 1 amide bonds. The van der Waals surface area contributed by atoms with Crippen LogP contribution in [0.15, 0.2) is 0 Å². The van der Waals surface area contributed by atoms with E-state index < -0.39 is 12.0 Å². The third-order valence-electron chi connectivity index (χ3n) is 1.88. The second kappa shape index (κ2) is 7.23. The van der Waals surface area contributed by atoms with Crippen molar-refractivity contribution in [2.24, 2.45) is 0 Å². The van der Waals surface area contributed by atoms with Gasteiger partial charge in [0.05, 0.1) is 0 Å². The molecule has 5 nitrogen and oxygen atoms in total. The van der Waals surface area contributed by atoms with E-state index in [2.05, 4.69) is 10.6 Å². The SMILES string of the molecule is CC(=O)NCCCC(NC(C)C)C(=O)O. The maximum atomic E-state index is 10.8. The van der Waals surface area contributed by atoms with E-state index >= 15 is 0 Å². The van der Waals surface area contributed by atoms with Gasteiger partial charge in [-0.15, -0.1) is 0 Å². The number of carbonyl (C=O) groups excluding carboxylic acids is 1. The zero-order valence-electron chi connectivity index (χ0n) is 9.54. The van der Waals surface area contributed by atoms with Crippen LogP contribution >= 0.6 is 0 Å². The van der Waals surface area contributed by atoms with Crippen molar-refractivity contribution < 1.29 is 14.7 Å². The Morgan fingerprint density at radius 1 is 1.33 bits per heavy atom. The van der Waals surface area contributed by atoms with E-state index in [-0.39, 0.29) is 11.9 Å². The summed E-state index contributed by atoms with van der Waals surface area (Å²) in [5.74, 6) is -0.926. The molecule has 0 rings (SSSR count). The standard InChI is InChI=1S/C10H20N2O3/c1-7(2)12-9(10(14)15)5-4-6-11-8(3)13/h7,9,12H,4-6H2,1-3H3,(H,11,13)(H,14,15). The molecule has 0 aliphatic rings. The lowest BCUT2D eigenvalue weighted by Gasteiger charge is -2.16. The molecule has 0 heterocycles. The van der Waals surface area contributed by atoms with Gasteiger partial charge in [-0.25, -0.2) is 0 Å². The summed E-state index contributed by atoms with van der Waals surface area (Å²) < 4.78 is 0. The van der Waals surface area contributed by atoms with Gasteiger partial charge in [-0.2, -0.15) is 0 Å². The zero-order valence-corrected chi connectivity index (χ0v) is 9.54. The summed E-state index contributed by atoms with van der Waals surface area (Å²) in [5, 5.41) is 14.5. The predicted molar refractivity (Wildman–Crippen MR) is 57.6 cm³/mol. The molecular formula is C10H20N2O3. The summed E-state index contributed by atoms with van der Waals surface area (Å²) in [6, 6.07) is -0.384. The maximum absolute atomic E-state index is 10.8. The Hall–Kier alpha value is -1.10. The van der Waals surface area contributed by atoms with E-state index in [1.165, 1.54) is 6.92 Å². The Labute approximate surface area is 90.2 Å². The first-order valence-electron chi connectivity index (χ1n) is 5.16. The first-order chi connectivity index (χ1) is 6.93. The van der Waals surface area contributed by atoms with Crippen molar-refractivity contribution in [3.8, 4) is 0 Å². The fraction of sp³-hybridized carbons (Fsp3) is 0.800. The molecule has 0 aromatic carbocycles. The number of hydrogen-bond donors (Lipinski definition) is 3. The van der Waals surface area contributed by atoms with Gasteiger partial charge in [0.1, 0.15) is 6.04 Å². The number of aliphatic carboxylic acids is 1. The number of rotatable bonds is 7. The van der Waals surface area contributed by atoms with Gasteiger partial charge >= 0.3 is 5.97 Å². The van der Waals surface area contributed by atoms with Crippen LogP contribution in [0.2, 0.25) is 0 Å². The van der Waals surface area contributed by atoms with Crippen molar-refractivity contribution >= 4 is 11.9 Å². The average molecular weight is 216 g/mol. The minimum atomic E-state index is -0.841. The lowest BCUT2D eigenvalue weighted by atomic mass is 10.1. The van der Waals surface area contributed by atoms with Crippen LogP contribution in [0.1, 0.15) is 33.6 Å². The number of hydrogen-bond acceptors (Lipinski definition) is 3. The van der Waals surface area contributed by atoms with Crippen molar-refractivity contribution in [3.05, 3.63) is 0 Å². The van der Waals surface area contributed by atoms with Crippen molar-refractivity contribution in [1.82, 2.24) is 10.6 Å². The molecule has 1 atom stereocenters. The molecular weight excluding hydrogens is 196 g/mol. The van der Waals surface area contributed by atoms with Gasteiger partial charge in [-0.05, 0) is 12.8 Å². The Bertz CT molecular complexity index is 217. The third kappa shape index (κ3) is 7.93. The normalized spacial score (nSPS) is 12.5. The smallest absolute Gasteiger partial charge is 0.320 e. The van der Waals surface area contributed by atoms with Gasteiger partial charge < -0.3 is 15.7 Å². The quantitative estimate of drug-likeness (QED) is 0.537. The van der Waals surface area contributed by atoms with Crippen molar-refractivity contribution in [1.29, 1.82) is 0 Å². The molecule has 1 unspecified atom stereocenters. The van der Waals surface area contributed by atoms with Gasteiger partial charge in [-0.3, -0.25) is 9.59 Å². The minimum Gasteiger partial charge on any atom is -0.480 e. The van der Waals surface area contributed by atoms with Gasteiger partial charge in [0.2, 0.25) is 5.91 Å². The van der Waals surface area contributed by atoms with E-state index in [0.29, 0.717) is 19.4 Å². The molecule has 0 bridgehead atoms. The van der Waals surface area contributed by atoms with E-state index in [4.69, 9.17) is 5.11 Å². The monoisotopic (exact) mass is 216 g/mol. The second-order valence-electron chi connectivity index (χ2n) is 3.84. The summed E-state index contributed by atoms with van der Waals surface area (Å²) in [6.07, 6.45) is 1.18. The topological polar surface area (TPSA) is 78.4 Å². The highest BCUT2D eigenvalue weighted by Crippen LogP contribution is 1.98. The van der Waals surface area contributed by atoms with Crippen LogP contribution in [0.3, 0.4) is 0 Å². The van der Waals surface area contributed by atoms with E-state index in [9.17, 15) is 9.59 Å². The van der Waals surface area contributed by atoms with Gasteiger partial charge in [-0.1, -0.05) is 13.8 Å². The summed E-state index contributed by atoms with van der Waals surface area (Å²) in [4.78, 5) is 21.4. The van der Waals surface area contributed by atoms with E-state index in [1.54, 1.807) is 0 Å². The number of nitrogens with one attached hydrogen (secondary N) is 2. The Balaban J connectivity index is 3.76. The summed E-state index contributed by atoms with van der Waals surface area (Å²) in [6.45, 7) is 5.79. The summed E-state index contributed by atoms with van der Waals surface area (Å²) >= 11 is 0. The molecule has 15 heavy (non-hydrogen) atoms. The van der Waals surface area contributed by atoms with Crippen molar-refractivity contribution in [2.75, 3.05) is 6.54 Å². The molecule has 3 N–H and O–H groups in total. The van der Waals surface area contributed by atoms with Crippen LogP contribution in [-0.4, -0.2) is 35.6 Å². The van der Waals surface area contributed by atoms with E-state index in [0.717, 1.165) is 0 Å². The largest absolute Gasteiger partial charge is 0.480 e. The predicted octanol–water partition coefficient (Wildman–Crippen LogP) is 0.354. The molecule has 0 aliphatic heterocycles. The molecule has 0 aromatic rings. The van der Waals surface area contributed by atoms with Gasteiger partial charge in [0.25, 0.3) is 0 Å². The fourth-order valence-corrected chi connectivity index (χ4v) is 1.25. The highest BCUT2D eigenvalue weighted by atomic mass is 16.4. The fourth-order valence-electron chi connectivity index (χ4n) is 1.25. The van der Waals surface area contributed by atoms with Crippen LogP contribution in [0.5, 0.6) is 0 Å². The molecule has 88 valence electrons. The first-order valence-corrected chi connectivity index (χ1v) is 5.16. The van der Waals surface area contributed by atoms with E-state index in [1.807, 2.05) is 13.8 Å². The molecule has 0 aliphatic carbocycles. The third-order valence-corrected chi connectivity index (χ3v) is 1.88. The van der Waals surface area contributed by atoms with Gasteiger partial charge in [0, 0.05) is 19.5 Å². The first kappa shape index (κ1) is 13.9. The van der Waals surface area contributed by atoms with Crippen molar-refractivity contribution in [3.63, 3.8) is 0 Å². The summed E-state index contributed by atoms with van der Waals surface area (Å²) in [5.41, 5.74) is 0. The molecule has 0 saturated heterocycles. The number of carboxylic acids is 1. The van der Waals surface area contributed by atoms with Gasteiger partial charge in [0.15, 0.2) is 0 Å². The number of amides is 1. The lowest BCUT2D eigenvalue weighted by molar-refractivity contribution is -0.139. The Kier molecular flexibility index (Phi) is 6.70. The highest BCUT2D eigenvalue weighted by Gasteiger charge is 2.16. The Morgan fingerprint density at radius 2 is 1.93 bits per heavy atom. The molecule has 0 spiro atoms. The maximum Gasteiger partial charge on any atom is 0.320 e. The van der Waals surface area contributed by atoms with Crippen LogP contribution in [0.4, 0.5) is 0 Å². The van der Waals surface area contributed by atoms with Crippen LogP contribution in [-0.2, 0) is 9.59 Å². The second-order valence-corrected chi connectivity index (χ2v) is 3.84. The average Bonchev–Trinajstić information content (AvgIpc) is 2.08. The highest BCUT2D eigenvalue weighted by molar-refractivity contribution is 5.73. The lowest BCUT2D eigenvalue weighted by Crippen LogP contribution is -2.41. The zero-order chi connectivity index (χ0) is 11.8. The van der Waals surface area contributed by atoms with Crippen molar-refractivity contribution in [2.45, 2.75) is 45.7 Å². The summed E-state index contributed by atoms with van der Waals surface area (Å²) in [7, 11) is 0. The molecule has 0 radical (unpaired) electrons. The van der Waals surface area contributed by atoms with Crippen LogP contribution < -0.4 is 10.6 Å². The molecule has 0 saturated carbocycles.